The van der Waals surface area contributed by atoms with Gasteiger partial charge in [-0.05, 0) is 18.9 Å². The van der Waals surface area contributed by atoms with E-state index in [1.165, 1.54) is 6.42 Å². The Morgan fingerprint density at radius 3 is 2.64 bits per heavy atom. The van der Waals surface area contributed by atoms with E-state index < -0.39 is 0 Å². The van der Waals surface area contributed by atoms with Crippen LogP contribution in [-0.4, -0.2) is 12.9 Å². The molecule has 14 heavy (non-hydrogen) atoms. The molecule has 0 bridgehead atoms. The molecule has 0 aromatic heterocycles. The molecule has 2 aliphatic carbocycles. The van der Waals surface area contributed by atoms with Gasteiger partial charge in [0.2, 0.25) is 5.78 Å². The van der Waals surface area contributed by atoms with Crippen LogP contribution in [0, 0.1) is 5.41 Å². The van der Waals surface area contributed by atoms with Crippen molar-refractivity contribution >= 4 is 5.78 Å². The Labute approximate surface area is 84.6 Å². The van der Waals surface area contributed by atoms with Crippen LogP contribution < -0.4 is 0 Å². The van der Waals surface area contributed by atoms with Gasteiger partial charge in [-0.1, -0.05) is 31.4 Å². The van der Waals surface area contributed by atoms with Gasteiger partial charge in [0, 0.05) is 0 Å². The van der Waals surface area contributed by atoms with Gasteiger partial charge in [-0.3, -0.25) is 4.79 Å². The summed E-state index contributed by atoms with van der Waals surface area (Å²) in [5.74, 6) is 0.705. The summed E-state index contributed by atoms with van der Waals surface area (Å²) < 4.78 is 5.09. The molecule has 0 radical (unpaired) electrons. The highest BCUT2D eigenvalue weighted by atomic mass is 16.5. The molecule has 2 rings (SSSR count). The molecule has 1 fully saturated rings. The summed E-state index contributed by atoms with van der Waals surface area (Å²) in [5, 5.41) is 0. The van der Waals surface area contributed by atoms with Crippen LogP contribution in [-0.2, 0) is 9.53 Å². The van der Waals surface area contributed by atoms with Gasteiger partial charge in [0.1, 0.15) is 0 Å². The number of rotatable bonds is 1. The normalized spacial score (nSPS) is 24.9. The Balaban J connectivity index is 2.25. The highest BCUT2D eigenvalue weighted by Crippen LogP contribution is 2.41. The van der Waals surface area contributed by atoms with E-state index >= 15 is 0 Å². The molecule has 0 aromatic rings. The number of allylic oxidation sites excluding steroid dienone is 4. The first-order valence-electron chi connectivity index (χ1n) is 5.27. The second-order valence-corrected chi connectivity index (χ2v) is 4.14. The van der Waals surface area contributed by atoms with E-state index in [1.54, 1.807) is 13.2 Å². The summed E-state index contributed by atoms with van der Waals surface area (Å²) in [4.78, 5) is 12.1. The van der Waals surface area contributed by atoms with Crippen LogP contribution in [0.15, 0.2) is 24.0 Å². The molecular formula is C12H16O2. The summed E-state index contributed by atoms with van der Waals surface area (Å²) in [6, 6.07) is 0. The van der Waals surface area contributed by atoms with Crippen molar-refractivity contribution in [1.82, 2.24) is 0 Å². The van der Waals surface area contributed by atoms with Crippen molar-refractivity contribution in [3.8, 4) is 0 Å². The van der Waals surface area contributed by atoms with Gasteiger partial charge in [0.05, 0.1) is 12.5 Å². The van der Waals surface area contributed by atoms with Crippen molar-refractivity contribution < 1.29 is 9.53 Å². The number of ether oxygens (including phenoxy) is 1. The minimum Gasteiger partial charge on any atom is -0.493 e. The predicted molar refractivity (Wildman–Crippen MR) is 54.8 cm³/mol. The molecule has 2 aliphatic rings. The quantitative estimate of drug-likeness (QED) is 0.638. The third-order valence-corrected chi connectivity index (χ3v) is 3.30. The lowest BCUT2D eigenvalue weighted by Gasteiger charge is -2.34. The third-order valence-electron chi connectivity index (χ3n) is 3.30. The van der Waals surface area contributed by atoms with Gasteiger partial charge in [-0.15, -0.1) is 0 Å². The third kappa shape index (κ3) is 1.39. The fourth-order valence-electron chi connectivity index (χ4n) is 2.45. The molecule has 0 unspecified atom stereocenters. The predicted octanol–water partition coefficient (Wildman–Crippen LogP) is 2.61. The molecule has 76 valence electrons. The summed E-state index contributed by atoms with van der Waals surface area (Å²) in [6.45, 7) is 0. The van der Waals surface area contributed by atoms with Crippen molar-refractivity contribution in [2.75, 3.05) is 7.11 Å². The molecule has 0 saturated heterocycles. The molecule has 0 heterocycles. The van der Waals surface area contributed by atoms with Crippen LogP contribution in [0.4, 0.5) is 0 Å². The zero-order valence-electron chi connectivity index (χ0n) is 8.58. The van der Waals surface area contributed by atoms with E-state index in [9.17, 15) is 4.79 Å². The van der Waals surface area contributed by atoms with Gasteiger partial charge in [-0.2, -0.15) is 0 Å². The average Bonchev–Trinajstić information content (AvgIpc) is 2.24. The minimum atomic E-state index is -0.224. The summed E-state index contributed by atoms with van der Waals surface area (Å²) >= 11 is 0. The van der Waals surface area contributed by atoms with Crippen LogP contribution in [0.3, 0.4) is 0 Å². The Kier molecular flexibility index (Phi) is 2.44. The number of methoxy groups -OCH3 is 1. The van der Waals surface area contributed by atoms with Gasteiger partial charge in [0.15, 0.2) is 5.76 Å². The Morgan fingerprint density at radius 2 is 2.00 bits per heavy atom. The minimum absolute atomic E-state index is 0.183. The summed E-state index contributed by atoms with van der Waals surface area (Å²) in [5.41, 5.74) is -0.224. The smallest absolute Gasteiger partial charge is 0.207 e. The molecule has 1 spiro atoms. The average molecular weight is 192 g/mol. The summed E-state index contributed by atoms with van der Waals surface area (Å²) in [6.07, 6.45) is 11.4. The monoisotopic (exact) mass is 192 g/mol. The van der Waals surface area contributed by atoms with Gasteiger partial charge in [0.25, 0.3) is 0 Å². The maximum Gasteiger partial charge on any atom is 0.207 e. The fraction of sp³-hybridized carbons (Fsp3) is 0.583. The van der Waals surface area contributed by atoms with Gasteiger partial charge < -0.3 is 4.74 Å². The first-order valence-corrected chi connectivity index (χ1v) is 5.27. The van der Waals surface area contributed by atoms with E-state index in [-0.39, 0.29) is 11.2 Å². The molecular weight excluding hydrogens is 176 g/mol. The SMILES string of the molecule is COC1=CC=CC2(CCCCC2)C1=O. The lowest BCUT2D eigenvalue weighted by Crippen LogP contribution is -2.34. The van der Waals surface area contributed by atoms with Crippen molar-refractivity contribution in [2.45, 2.75) is 32.1 Å². The largest absolute Gasteiger partial charge is 0.493 e. The van der Waals surface area contributed by atoms with E-state index in [1.807, 2.05) is 6.08 Å². The number of carbonyl (C=O) groups excluding carboxylic acids is 1. The number of hydrogen-bond donors (Lipinski definition) is 0. The number of carbonyl (C=O) groups is 1. The van der Waals surface area contributed by atoms with Crippen LogP contribution in [0.5, 0.6) is 0 Å². The molecule has 0 amide bonds. The molecule has 0 aliphatic heterocycles. The Hall–Kier alpha value is -1.05. The van der Waals surface area contributed by atoms with Crippen LogP contribution in [0.1, 0.15) is 32.1 Å². The Morgan fingerprint density at radius 1 is 1.29 bits per heavy atom. The molecule has 2 heteroatoms. The molecule has 1 saturated carbocycles. The van der Waals surface area contributed by atoms with Crippen LogP contribution >= 0.6 is 0 Å². The molecule has 0 atom stereocenters. The first-order chi connectivity index (χ1) is 6.78. The van der Waals surface area contributed by atoms with Gasteiger partial charge in [-0.25, -0.2) is 0 Å². The van der Waals surface area contributed by atoms with E-state index in [0.717, 1.165) is 25.7 Å². The van der Waals surface area contributed by atoms with Gasteiger partial charge >= 0.3 is 0 Å². The van der Waals surface area contributed by atoms with E-state index in [0.29, 0.717) is 5.76 Å². The van der Waals surface area contributed by atoms with Crippen molar-refractivity contribution in [1.29, 1.82) is 0 Å². The molecule has 2 nitrogen and oxygen atoms in total. The van der Waals surface area contributed by atoms with Crippen molar-refractivity contribution in [3.63, 3.8) is 0 Å². The van der Waals surface area contributed by atoms with Crippen molar-refractivity contribution in [3.05, 3.63) is 24.0 Å². The van der Waals surface area contributed by atoms with Crippen LogP contribution in [0.25, 0.3) is 0 Å². The lowest BCUT2D eigenvalue weighted by molar-refractivity contribution is -0.127. The van der Waals surface area contributed by atoms with E-state index in [4.69, 9.17) is 4.74 Å². The first kappa shape index (κ1) is 9.50. The van der Waals surface area contributed by atoms with Crippen molar-refractivity contribution in [2.24, 2.45) is 5.41 Å². The Bertz CT molecular complexity index is 293. The number of Topliss-reactive ketones (excluding diaryl/α,β-unsaturated/α-hetero) is 1. The second kappa shape index (κ2) is 3.60. The van der Waals surface area contributed by atoms with Crippen LogP contribution in [0.2, 0.25) is 0 Å². The zero-order valence-corrected chi connectivity index (χ0v) is 8.58. The summed E-state index contributed by atoms with van der Waals surface area (Å²) in [7, 11) is 1.57. The fourth-order valence-corrected chi connectivity index (χ4v) is 2.45. The second-order valence-electron chi connectivity index (χ2n) is 4.14. The topological polar surface area (TPSA) is 26.3 Å². The molecule has 0 N–H and O–H groups in total. The van der Waals surface area contributed by atoms with E-state index in [2.05, 4.69) is 6.08 Å². The molecule has 0 aromatic carbocycles. The number of ketones is 1. The lowest BCUT2D eigenvalue weighted by atomic mass is 9.69. The highest BCUT2D eigenvalue weighted by molar-refractivity contribution is 6.01. The zero-order chi connectivity index (χ0) is 10.0. The maximum atomic E-state index is 12.1. The maximum absolute atomic E-state index is 12.1. The highest BCUT2D eigenvalue weighted by Gasteiger charge is 2.40. The standard InChI is InChI=1S/C12H16O2/c1-14-10-6-5-9-12(11(10)13)7-3-2-4-8-12/h5-6,9H,2-4,7-8H2,1H3. The number of hydrogen-bond acceptors (Lipinski definition) is 2.